The lowest BCUT2D eigenvalue weighted by atomic mass is 10.0. The van der Waals surface area contributed by atoms with E-state index in [0.29, 0.717) is 5.75 Å². The summed E-state index contributed by atoms with van der Waals surface area (Å²) in [5.41, 5.74) is 2.35. The summed E-state index contributed by atoms with van der Waals surface area (Å²) in [6, 6.07) is 13.5. The molecule has 0 spiro atoms. The number of aromatic amines is 1. The van der Waals surface area contributed by atoms with Crippen LogP contribution in [-0.4, -0.2) is 50.9 Å². The maximum Gasteiger partial charge on any atom is 0.326 e. The molecule has 8 nitrogen and oxygen atoms in total. The van der Waals surface area contributed by atoms with Crippen LogP contribution in [0.1, 0.15) is 31.4 Å². The molecule has 0 fully saturated rings. The number of ether oxygens (including phenoxy) is 1. The van der Waals surface area contributed by atoms with Gasteiger partial charge in [-0.3, -0.25) is 4.79 Å². The number of amides is 1. The van der Waals surface area contributed by atoms with Gasteiger partial charge in [0.15, 0.2) is 0 Å². The second kappa shape index (κ2) is 10.7. The van der Waals surface area contributed by atoms with Gasteiger partial charge in [0.05, 0.1) is 7.11 Å². The number of rotatable bonds is 10. The summed E-state index contributed by atoms with van der Waals surface area (Å²) in [4.78, 5) is 30.2. The van der Waals surface area contributed by atoms with Gasteiger partial charge < -0.3 is 24.9 Å². The van der Waals surface area contributed by atoms with Gasteiger partial charge in [-0.2, -0.15) is 0 Å². The van der Waals surface area contributed by atoms with Gasteiger partial charge in [0.25, 0.3) is 5.91 Å². The van der Waals surface area contributed by atoms with E-state index in [2.05, 4.69) is 10.1 Å². The van der Waals surface area contributed by atoms with Crippen molar-refractivity contribution in [1.82, 2.24) is 9.88 Å². The van der Waals surface area contributed by atoms with Gasteiger partial charge in [-0.1, -0.05) is 49.3 Å². The van der Waals surface area contributed by atoms with Gasteiger partial charge in [0.1, 0.15) is 17.5 Å². The van der Waals surface area contributed by atoms with E-state index in [9.17, 15) is 19.9 Å². The number of fused-ring (bicyclic) bond motifs is 1. The second-order valence-corrected chi connectivity index (χ2v) is 8.34. The Hall–Kier alpha value is -3.81. The lowest BCUT2D eigenvalue weighted by Gasteiger charge is -2.29. The average molecular weight is 452 g/mol. The fourth-order valence-electron chi connectivity index (χ4n) is 3.81. The normalized spacial score (nSPS) is 12.7. The molecule has 0 radical (unpaired) electrons. The Morgan fingerprint density at radius 1 is 1.12 bits per heavy atom. The zero-order chi connectivity index (χ0) is 24.0. The molecule has 0 aliphatic heterocycles. The maximum atomic E-state index is 13.4. The van der Waals surface area contributed by atoms with Crippen molar-refractivity contribution < 1.29 is 24.6 Å². The molecule has 174 valence electrons. The van der Waals surface area contributed by atoms with Crippen molar-refractivity contribution in [2.45, 2.75) is 39.3 Å². The standard InChI is InChI=1S/C25H29N3O5/c1-16(2)12-22(27-32)24(29)28(15-17-8-10-19(33-3)11-9-17)23(25(30)31)13-18-14-26-21-7-5-4-6-20(18)21/h4-11,14,16,23,26,32H,12-13,15H2,1-3H3,(H,30,31)/t23-/m0/s1. The van der Waals surface area contributed by atoms with Gasteiger partial charge in [-0.25, -0.2) is 4.79 Å². The van der Waals surface area contributed by atoms with Crippen molar-refractivity contribution in [3.63, 3.8) is 0 Å². The summed E-state index contributed by atoms with van der Waals surface area (Å²) in [5.74, 6) is -1.03. The molecule has 1 amide bonds. The summed E-state index contributed by atoms with van der Waals surface area (Å²) >= 11 is 0. The predicted molar refractivity (Wildman–Crippen MR) is 126 cm³/mol. The van der Waals surface area contributed by atoms with Crippen molar-refractivity contribution in [2.24, 2.45) is 11.1 Å². The molecule has 0 aliphatic rings. The zero-order valence-electron chi connectivity index (χ0n) is 19.0. The number of nitrogens with zero attached hydrogens (tertiary/aromatic N) is 2. The minimum atomic E-state index is -1.16. The fourth-order valence-corrected chi connectivity index (χ4v) is 3.81. The highest BCUT2D eigenvalue weighted by Crippen LogP contribution is 2.23. The van der Waals surface area contributed by atoms with E-state index in [1.54, 1.807) is 37.6 Å². The van der Waals surface area contributed by atoms with E-state index in [4.69, 9.17) is 4.74 Å². The lowest BCUT2D eigenvalue weighted by Crippen LogP contribution is -2.48. The number of carboxylic acids is 1. The van der Waals surface area contributed by atoms with Crippen LogP contribution in [0, 0.1) is 5.92 Å². The van der Waals surface area contributed by atoms with E-state index in [1.165, 1.54) is 4.90 Å². The number of carbonyl (C=O) groups is 2. The Balaban J connectivity index is 1.99. The number of para-hydroxylation sites is 1. The van der Waals surface area contributed by atoms with Crippen LogP contribution in [0.2, 0.25) is 0 Å². The highest BCUT2D eigenvalue weighted by Gasteiger charge is 2.33. The van der Waals surface area contributed by atoms with Crippen LogP contribution in [0.25, 0.3) is 10.9 Å². The third-order valence-electron chi connectivity index (χ3n) is 5.49. The molecule has 0 saturated heterocycles. The highest BCUT2D eigenvalue weighted by molar-refractivity contribution is 6.38. The van der Waals surface area contributed by atoms with Crippen molar-refractivity contribution in [1.29, 1.82) is 0 Å². The van der Waals surface area contributed by atoms with Crippen LogP contribution < -0.4 is 4.74 Å². The summed E-state index contributed by atoms with van der Waals surface area (Å²) in [6.07, 6.45) is 2.10. The van der Waals surface area contributed by atoms with Gasteiger partial charge in [-0.05, 0) is 35.2 Å². The molecule has 0 unspecified atom stereocenters. The van der Waals surface area contributed by atoms with Crippen molar-refractivity contribution in [2.75, 3.05) is 7.11 Å². The molecule has 1 aromatic heterocycles. The van der Waals surface area contributed by atoms with Crippen LogP contribution >= 0.6 is 0 Å². The van der Waals surface area contributed by atoms with Gasteiger partial charge in [0.2, 0.25) is 0 Å². The number of carboxylic acid groups (broad SMARTS) is 1. The number of methoxy groups -OCH3 is 1. The first-order valence-electron chi connectivity index (χ1n) is 10.8. The number of carbonyl (C=O) groups excluding carboxylic acids is 1. The molecule has 0 saturated carbocycles. The van der Waals surface area contributed by atoms with Crippen LogP contribution in [-0.2, 0) is 22.6 Å². The first-order chi connectivity index (χ1) is 15.8. The lowest BCUT2D eigenvalue weighted by molar-refractivity contribution is -0.148. The summed E-state index contributed by atoms with van der Waals surface area (Å²) < 4.78 is 5.19. The number of H-pyrrole nitrogens is 1. The second-order valence-electron chi connectivity index (χ2n) is 8.34. The van der Waals surface area contributed by atoms with E-state index in [-0.39, 0.29) is 31.0 Å². The largest absolute Gasteiger partial charge is 0.497 e. The monoisotopic (exact) mass is 451 g/mol. The number of aliphatic carboxylic acids is 1. The molecule has 0 bridgehead atoms. The quantitative estimate of drug-likeness (QED) is 0.244. The summed E-state index contributed by atoms with van der Waals surface area (Å²) in [7, 11) is 1.56. The van der Waals surface area contributed by atoms with E-state index >= 15 is 0 Å². The number of oxime groups is 1. The first kappa shape index (κ1) is 23.8. The minimum absolute atomic E-state index is 0.0409. The molecule has 0 aliphatic carbocycles. The van der Waals surface area contributed by atoms with Crippen molar-refractivity contribution >= 4 is 28.5 Å². The fraction of sp³-hybridized carbons (Fsp3) is 0.320. The molecule has 3 N–H and O–H groups in total. The third-order valence-corrected chi connectivity index (χ3v) is 5.49. The Labute approximate surface area is 192 Å². The average Bonchev–Trinajstić information content (AvgIpc) is 3.22. The molecule has 3 rings (SSSR count). The summed E-state index contributed by atoms with van der Waals surface area (Å²) in [6.45, 7) is 3.83. The van der Waals surface area contributed by atoms with Gasteiger partial charge >= 0.3 is 5.97 Å². The number of aromatic nitrogens is 1. The molecule has 1 heterocycles. The molecule has 2 aromatic carbocycles. The van der Waals surface area contributed by atoms with Crippen LogP contribution in [0.5, 0.6) is 5.75 Å². The molecular formula is C25H29N3O5. The predicted octanol–water partition coefficient (Wildman–Crippen LogP) is 4.08. The van der Waals surface area contributed by atoms with E-state index in [1.807, 2.05) is 38.1 Å². The molecule has 8 heteroatoms. The molecule has 1 atom stereocenters. The van der Waals surface area contributed by atoms with E-state index in [0.717, 1.165) is 22.0 Å². The molecule has 3 aromatic rings. The number of benzene rings is 2. The topological polar surface area (TPSA) is 115 Å². The number of nitrogens with one attached hydrogen (secondary N) is 1. The van der Waals surface area contributed by atoms with Gasteiger partial charge in [0, 0.05) is 36.5 Å². The Bertz CT molecular complexity index is 1130. The maximum absolute atomic E-state index is 13.4. The van der Waals surface area contributed by atoms with Crippen LogP contribution in [0.15, 0.2) is 59.9 Å². The molecular weight excluding hydrogens is 422 g/mol. The van der Waals surface area contributed by atoms with Gasteiger partial charge in [-0.15, -0.1) is 0 Å². The number of hydrogen-bond donors (Lipinski definition) is 3. The smallest absolute Gasteiger partial charge is 0.326 e. The zero-order valence-corrected chi connectivity index (χ0v) is 19.0. The Morgan fingerprint density at radius 2 is 1.82 bits per heavy atom. The highest BCUT2D eigenvalue weighted by atomic mass is 16.5. The van der Waals surface area contributed by atoms with Crippen LogP contribution in [0.4, 0.5) is 0 Å². The first-order valence-corrected chi connectivity index (χ1v) is 10.8. The van der Waals surface area contributed by atoms with E-state index < -0.39 is 17.9 Å². The molecule has 33 heavy (non-hydrogen) atoms. The SMILES string of the molecule is COc1ccc(CN(C(=O)C(CC(C)C)=NO)[C@@H](Cc2c[nH]c3ccccc23)C(=O)O)cc1. The minimum Gasteiger partial charge on any atom is -0.497 e. The third kappa shape index (κ3) is 5.71. The summed E-state index contributed by atoms with van der Waals surface area (Å²) in [5, 5.41) is 23.8. The van der Waals surface area contributed by atoms with Crippen molar-refractivity contribution in [3.8, 4) is 5.75 Å². The van der Waals surface area contributed by atoms with Crippen molar-refractivity contribution in [3.05, 3.63) is 65.9 Å². The Morgan fingerprint density at radius 3 is 2.42 bits per heavy atom. The number of hydrogen-bond acceptors (Lipinski definition) is 5. The van der Waals surface area contributed by atoms with Crippen LogP contribution in [0.3, 0.4) is 0 Å². The Kier molecular flexibility index (Phi) is 7.71.